The average molecular weight is 236 g/mol. The Balaban J connectivity index is 2.01. The first-order valence-corrected chi connectivity index (χ1v) is 5.56. The van der Waals surface area contributed by atoms with Gasteiger partial charge in [0.05, 0.1) is 13.2 Å². The molecule has 0 aliphatic carbocycles. The summed E-state index contributed by atoms with van der Waals surface area (Å²) in [5, 5.41) is 0. The van der Waals surface area contributed by atoms with Gasteiger partial charge in [0.2, 0.25) is 0 Å². The van der Waals surface area contributed by atoms with Gasteiger partial charge in [-0.15, -0.1) is 0 Å². The molecule has 0 aromatic heterocycles. The lowest BCUT2D eigenvalue weighted by Crippen LogP contribution is -2.29. The van der Waals surface area contributed by atoms with E-state index in [4.69, 9.17) is 4.74 Å². The van der Waals surface area contributed by atoms with E-state index in [-0.39, 0.29) is 29.7 Å². The molecule has 4 heteroatoms. The van der Waals surface area contributed by atoms with Gasteiger partial charge >= 0.3 is 0 Å². The van der Waals surface area contributed by atoms with Crippen molar-refractivity contribution in [1.29, 1.82) is 0 Å². The summed E-state index contributed by atoms with van der Waals surface area (Å²) < 4.78 is 17.9. The Morgan fingerprint density at radius 1 is 1.35 bits per heavy atom. The highest BCUT2D eigenvalue weighted by Gasteiger charge is 2.25. The number of carbonyl (C=O) groups excluding carboxylic acids is 2. The minimum atomic E-state index is -0.376. The van der Waals surface area contributed by atoms with Gasteiger partial charge in [0.15, 0.2) is 5.78 Å². The Hall–Kier alpha value is -1.55. The van der Waals surface area contributed by atoms with Crippen LogP contribution in [0.15, 0.2) is 24.3 Å². The highest BCUT2D eigenvalue weighted by Crippen LogP contribution is 2.17. The van der Waals surface area contributed by atoms with E-state index in [9.17, 15) is 14.0 Å². The molecule has 2 rings (SSSR count). The Kier molecular flexibility index (Phi) is 3.64. The molecule has 0 bridgehead atoms. The van der Waals surface area contributed by atoms with Gasteiger partial charge in [-0.3, -0.25) is 9.59 Å². The number of ketones is 2. The van der Waals surface area contributed by atoms with Crippen molar-refractivity contribution in [1.82, 2.24) is 0 Å². The molecule has 1 fully saturated rings. The summed E-state index contributed by atoms with van der Waals surface area (Å²) in [4.78, 5) is 23.4. The predicted molar refractivity (Wildman–Crippen MR) is 59.3 cm³/mol. The van der Waals surface area contributed by atoms with Gasteiger partial charge in [0.1, 0.15) is 11.6 Å². The lowest BCUT2D eigenvalue weighted by molar-refractivity contribution is -0.130. The Morgan fingerprint density at radius 2 is 2.06 bits per heavy atom. The highest BCUT2D eigenvalue weighted by atomic mass is 19.1. The van der Waals surface area contributed by atoms with Crippen molar-refractivity contribution in [3.8, 4) is 0 Å². The first kappa shape index (κ1) is 11.9. The van der Waals surface area contributed by atoms with Crippen LogP contribution in [0.5, 0.6) is 0 Å². The summed E-state index contributed by atoms with van der Waals surface area (Å²) in [7, 11) is 0. The van der Waals surface area contributed by atoms with Gasteiger partial charge in [0, 0.05) is 24.3 Å². The number of carbonyl (C=O) groups is 2. The van der Waals surface area contributed by atoms with Gasteiger partial charge in [-0.05, 0) is 24.3 Å². The zero-order chi connectivity index (χ0) is 12.3. The van der Waals surface area contributed by atoms with E-state index in [1.54, 1.807) is 0 Å². The largest absolute Gasteiger partial charge is 0.380 e. The Morgan fingerprint density at radius 3 is 2.71 bits per heavy atom. The molecular weight excluding hydrogens is 223 g/mol. The fourth-order valence-electron chi connectivity index (χ4n) is 1.85. The first-order chi connectivity index (χ1) is 8.16. The number of Topliss-reactive ketones (excluding diaryl/α,β-unsaturated/α-hetero) is 2. The van der Waals surface area contributed by atoms with Crippen LogP contribution in [-0.2, 0) is 9.53 Å². The number of benzene rings is 1. The van der Waals surface area contributed by atoms with E-state index >= 15 is 0 Å². The number of rotatable bonds is 3. The van der Waals surface area contributed by atoms with Crippen molar-refractivity contribution < 1.29 is 18.7 Å². The van der Waals surface area contributed by atoms with E-state index in [2.05, 4.69) is 0 Å². The molecule has 90 valence electrons. The first-order valence-electron chi connectivity index (χ1n) is 5.56. The number of hydrogen-bond acceptors (Lipinski definition) is 3. The third-order valence-electron chi connectivity index (χ3n) is 2.87. The van der Waals surface area contributed by atoms with Crippen molar-refractivity contribution >= 4 is 11.6 Å². The van der Waals surface area contributed by atoms with E-state index in [1.165, 1.54) is 24.3 Å². The molecule has 1 aliphatic heterocycles. The molecule has 17 heavy (non-hydrogen) atoms. The van der Waals surface area contributed by atoms with Gasteiger partial charge in [-0.25, -0.2) is 4.39 Å². The van der Waals surface area contributed by atoms with Gasteiger partial charge < -0.3 is 4.74 Å². The standard InChI is InChI=1S/C13H13FO3/c14-11-3-1-9(2-4-11)13(16)7-10-8-17-6-5-12(10)15/h1-4,10H,5-8H2/t10-/m1/s1. The molecule has 0 saturated carbocycles. The Labute approximate surface area is 98.6 Å². The number of ether oxygens (including phenoxy) is 1. The number of hydrogen-bond donors (Lipinski definition) is 0. The lowest BCUT2D eigenvalue weighted by atomic mass is 9.92. The van der Waals surface area contributed by atoms with Crippen LogP contribution in [0.25, 0.3) is 0 Å². The SMILES string of the molecule is O=C(C[C@@H]1COCCC1=O)c1ccc(F)cc1. The zero-order valence-corrected chi connectivity index (χ0v) is 9.32. The average Bonchev–Trinajstić information content (AvgIpc) is 2.33. The fourth-order valence-corrected chi connectivity index (χ4v) is 1.85. The van der Waals surface area contributed by atoms with Crippen molar-refractivity contribution in [3.63, 3.8) is 0 Å². The summed E-state index contributed by atoms with van der Waals surface area (Å²) in [5.74, 6) is -0.791. The summed E-state index contributed by atoms with van der Waals surface area (Å²) in [5.41, 5.74) is 0.435. The minimum absolute atomic E-state index is 0.0757. The highest BCUT2D eigenvalue weighted by molar-refractivity contribution is 5.99. The quantitative estimate of drug-likeness (QED) is 0.754. The van der Waals surface area contributed by atoms with Crippen LogP contribution >= 0.6 is 0 Å². The minimum Gasteiger partial charge on any atom is -0.380 e. The van der Waals surface area contributed by atoms with Crippen molar-refractivity contribution in [2.75, 3.05) is 13.2 Å². The molecule has 1 aliphatic rings. The second kappa shape index (κ2) is 5.19. The molecule has 3 nitrogen and oxygen atoms in total. The molecular formula is C13H13FO3. The molecule has 0 radical (unpaired) electrons. The van der Waals surface area contributed by atoms with Gasteiger partial charge in [0.25, 0.3) is 0 Å². The van der Waals surface area contributed by atoms with Crippen molar-refractivity contribution in [2.45, 2.75) is 12.8 Å². The maximum absolute atomic E-state index is 12.7. The summed E-state index contributed by atoms with van der Waals surface area (Å²) >= 11 is 0. The number of halogens is 1. The van der Waals surface area contributed by atoms with E-state index in [1.807, 2.05) is 0 Å². The van der Waals surface area contributed by atoms with E-state index in [0.717, 1.165) is 0 Å². The third-order valence-corrected chi connectivity index (χ3v) is 2.87. The van der Waals surface area contributed by atoms with Gasteiger partial charge in [-0.2, -0.15) is 0 Å². The normalized spacial score (nSPS) is 20.3. The maximum Gasteiger partial charge on any atom is 0.163 e. The molecule has 1 atom stereocenters. The van der Waals surface area contributed by atoms with Crippen LogP contribution < -0.4 is 0 Å². The molecule has 0 N–H and O–H groups in total. The lowest BCUT2D eigenvalue weighted by Gasteiger charge is -2.20. The molecule has 0 spiro atoms. The molecule has 1 aromatic rings. The molecule has 0 amide bonds. The van der Waals surface area contributed by atoms with Crippen LogP contribution in [0.2, 0.25) is 0 Å². The van der Waals surface area contributed by atoms with Crippen LogP contribution in [0.3, 0.4) is 0 Å². The van der Waals surface area contributed by atoms with Crippen molar-refractivity contribution in [3.05, 3.63) is 35.6 Å². The maximum atomic E-state index is 12.7. The summed E-state index contributed by atoms with van der Waals surface area (Å²) in [6.07, 6.45) is 0.520. The summed E-state index contributed by atoms with van der Waals surface area (Å²) in [6.45, 7) is 0.756. The Bertz CT molecular complexity index is 425. The van der Waals surface area contributed by atoms with Crippen LogP contribution in [0.4, 0.5) is 4.39 Å². The zero-order valence-electron chi connectivity index (χ0n) is 9.32. The van der Waals surface area contributed by atoms with Gasteiger partial charge in [-0.1, -0.05) is 0 Å². The smallest absolute Gasteiger partial charge is 0.163 e. The van der Waals surface area contributed by atoms with Crippen molar-refractivity contribution in [2.24, 2.45) is 5.92 Å². The van der Waals surface area contributed by atoms with Crippen LogP contribution in [0, 0.1) is 11.7 Å². The second-order valence-electron chi connectivity index (χ2n) is 4.12. The molecule has 1 saturated heterocycles. The predicted octanol–water partition coefficient (Wildman–Crippen LogP) is 2.00. The fraction of sp³-hybridized carbons (Fsp3) is 0.385. The summed E-state index contributed by atoms with van der Waals surface area (Å²) in [6, 6.07) is 5.36. The van der Waals surface area contributed by atoms with Crippen LogP contribution in [0.1, 0.15) is 23.2 Å². The topological polar surface area (TPSA) is 43.4 Å². The molecule has 0 unspecified atom stereocenters. The third kappa shape index (κ3) is 2.97. The molecule has 1 aromatic carbocycles. The second-order valence-corrected chi connectivity index (χ2v) is 4.12. The van der Waals surface area contributed by atoms with E-state index < -0.39 is 0 Å². The van der Waals surface area contributed by atoms with E-state index in [0.29, 0.717) is 25.2 Å². The molecule has 1 heterocycles. The monoisotopic (exact) mass is 236 g/mol. The van der Waals surface area contributed by atoms with Crippen LogP contribution in [-0.4, -0.2) is 24.8 Å².